The third-order valence-electron chi connectivity index (χ3n) is 3.59. The number of esters is 1. The third kappa shape index (κ3) is 3.52. The molecule has 2 atom stereocenters. The molecule has 0 bridgehead atoms. The second kappa shape index (κ2) is 6.14. The van der Waals surface area contributed by atoms with Crippen LogP contribution >= 0.6 is 15.9 Å². The largest absolute Gasteiger partial charge is 0.499 e. The standard InChI is InChI=1S/C16H17BrO6/c1-16(2)21-8-11(23-16)13-14(12(18)15(19)22-13)20-7-9-3-5-10(17)6-4-9/h3-6,11,13,18H,7-8H2,1-2H3/t11-,13+/m1/s1. The number of hydrogen-bond donors (Lipinski definition) is 1. The average Bonchev–Trinajstić information content (AvgIpc) is 3.00. The molecule has 0 spiro atoms. The summed E-state index contributed by atoms with van der Waals surface area (Å²) in [7, 11) is 0. The molecule has 2 aliphatic rings. The van der Waals surface area contributed by atoms with Crippen molar-refractivity contribution in [1.29, 1.82) is 0 Å². The van der Waals surface area contributed by atoms with Crippen LogP contribution in [0.15, 0.2) is 40.3 Å². The van der Waals surface area contributed by atoms with Crippen molar-refractivity contribution >= 4 is 21.9 Å². The molecule has 1 aromatic carbocycles. The molecule has 2 heterocycles. The molecule has 0 saturated carbocycles. The van der Waals surface area contributed by atoms with Gasteiger partial charge in [-0.15, -0.1) is 0 Å². The summed E-state index contributed by atoms with van der Waals surface area (Å²) in [6.07, 6.45) is -1.32. The minimum Gasteiger partial charge on any atom is -0.499 e. The topological polar surface area (TPSA) is 74.2 Å². The van der Waals surface area contributed by atoms with Gasteiger partial charge in [0.25, 0.3) is 0 Å². The van der Waals surface area contributed by atoms with Gasteiger partial charge in [0.05, 0.1) is 6.61 Å². The van der Waals surface area contributed by atoms with Gasteiger partial charge in [0.1, 0.15) is 12.7 Å². The summed E-state index contributed by atoms with van der Waals surface area (Å²) in [5.41, 5.74) is 0.899. The SMILES string of the molecule is CC1(C)OC[C@H]([C@@H]2OC(=O)C(O)=C2OCc2ccc(Br)cc2)O1. The first-order valence-corrected chi connectivity index (χ1v) is 7.98. The van der Waals surface area contributed by atoms with Crippen molar-refractivity contribution in [3.8, 4) is 0 Å². The van der Waals surface area contributed by atoms with Gasteiger partial charge in [-0.1, -0.05) is 28.1 Å². The zero-order valence-corrected chi connectivity index (χ0v) is 14.3. The van der Waals surface area contributed by atoms with Crippen LogP contribution in [0.25, 0.3) is 0 Å². The zero-order chi connectivity index (χ0) is 16.6. The molecule has 0 aromatic heterocycles. The van der Waals surface area contributed by atoms with E-state index in [1.54, 1.807) is 13.8 Å². The van der Waals surface area contributed by atoms with Crippen molar-refractivity contribution in [3.63, 3.8) is 0 Å². The highest BCUT2D eigenvalue weighted by molar-refractivity contribution is 9.10. The lowest BCUT2D eigenvalue weighted by Crippen LogP contribution is -2.33. The van der Waals surface area contributed by atoms with Crippen LogP contribution in [0, 0.1) is 0 Å². The molecule has 0 radical (unpaired) electrons. The number of rotatable bonds is 4. The number of aliphatic hydroxyl groups excluding tert-OH is 1. The minimum atomic E-state index is -0.811. The number of aliphatic hydroxyl groups is 1. The predicted molar refractivity (Wildman–Crippen MR) is 83.4 cm³/mol. The van der Waals surface area contributed by atoms with Crippen molar-refractivity contribution in [2.24, 2.45) is 0 Å². The maximum Gasteiger partial charge on any atom is 0.378 e. The third-order valence-corrected chi connectivity index (χ3v) is 4.12. The van der Waals surface area contributed by atoms with E-state index in [1.807, 2.05) is 24.3 Å². The van der Waals surface area contributed by atoms with Gasteiger partial charge in [0.15, 0.2) is 17.7 Å². The predicted octanol–water partition coefficient (Wildman–Crippen LogP) is 2.81. The number of carbonyl (C=O) groups excluding carboxylic acids is 1. The lowest BCUT2D eigenvalue weighted by atomic mass is 10.1. The van der Waals surface area contributed by atoms with Gasteiger partial charge in [0, 0.05) is 4.47 Å². The lowest BCUT2D eigenvalue weighted by molar-refractivity contribution is -0.163. The molecule has 124 valence electrons. The van der Waals surface area contributed by atoms with Gasteiger partial charge in [-0.2, -0.15) is 0 Å². The maximum absolute atomic E-state index is 11.7. The fourth-order valence-electron chi connectivity index (χ4n) is 2.46. The van der Waals surface area contributed by atoms with E-state index in [9.17, 15) is 9.90 Å². The Hall–Kier alpha value is -1.57. The van der Waals surface area contributed by atoms with Crippen LogP contribution < -0.4 is 0 Å². The first-order valence-electron chi connectivity index (χ1n) is 7.19. The lowest BCUT2D eigenvalue weighted by Gasteiger charge is -2.21. The highest BCUT2D eigenvalue weighted by Crippen LogP contribution is 2.33. The summed E-state index contributed by atoms with van der Waals surface area (Å²) in [6, 6.07) is 7.54. The van der Waals surface area contributed by atoms with Crippen LogP contribution in [0.4, 0.5) is 0 Å². The molecule has 3 rings (SSSR count). The Morgan fingerprint density at radius 1 is 1.35 bits per heavy atom. The summed E-state index contributed by atoms with van der Waals surface area (Å²) in [4.78, 5) is 11.7. The van der Waals surface area contributed by atoms with Gasteiger partial charge in [-0.25, -0.2) is 4.79 Å². The summed E-state index contributed by atoms with van der Waals surface area (Å²) in [5, 5.41) is 9.92. The first-order chi connectivity index (χ1) is 10.9. The molecular formula is C16H17BrO6. The molecule has 2 aliphatic heterocycles. The van der Waals surface area contributed by atoms with E-state index in [1.165, 1.54) is 0 Å². The van der Waals surface area contributed by atoms with Crippen molar-refractivity contribution in [3.05, 3.63) is 45.8 Å². The van der Waals surface area contributed by atoms with Crippen molar-refractivity contribution in [2.75, 3.05) is 6.61 Å². The highest BCUT2D eigenvalue weighted by atomic mass is 79.9. The fourth-order valence-corrected chi connectivity index (χ4v) is 2.73. The van der Waals surface area contributed by atoms with Gasteiger partial charge in [-0.05, 0) is 31.5 Å². The number of halogens is 1. The Bertz CT molecular complexity index is 636. The van der Waals surface area contributed by atoms with E-state index >= 15 is 0 Å². The molecule has 7 heteroatoms. The number of ether oxygens (including phenoxy) is 4. The Morgan fingerprint density at radius 3 is 2.65 bits per heavy atom. The van der Waals surface area contributed by atoms with E-state index < -0.39 is 29.7 Å². The van der Waals surface area contributed by atoms with E-state index in [0.717, 1.165) is 10.0 Å². The molecule has 1 fully saturated rings. The number of hydrogen-bond acceptors (Lipinski definition) is 6. The minimum absolute atomic E-state index is 0.0872. The fraction of sp³-hybridized carbons (Fsp3) is 0.438. The summed E-state index contributed by atoms with van der Waals surface area (Å²) in [6.45, 7) is 4.01. The van der Waals surface area contributed by atoms with Crippen molar-refractivity contribution in [2.45, 2.75) is 38.4 Å². The molecular weight excluding hydrogens is 368 g/mol. The van der Waals surface area contributed by atoms with E-state index in [-0.39, 0.29) is 19.0 Å². The smallest absolute Gasteiger partial charge is 0.378 e. The highest BCUT2D eigenvalue weighted by Gasteiger charge is 2.47. The molecule has 1 saturated heterocycles. The van der Waals surface area contributed by atoms with Crippen LogP contribution in [-0.4, -0.2) is 35.7 Å². The normalized spacial score (nSPS) is 26.5. The Kier molecular flexibility index (Phi) is 4.35. The quantitative estimate of drug-likeness (QED) is 0.804. The van der Waals surface area contributed by atoms with E-state index in [0.29, 0.717) is 0 Å². The van der Waals surface area contributed by atoms with Crippen LogP contribution in [-0.2, 0) is 30.3 Å². The van der Waals surface area contributed by atoms with Gasteiger partial charge in [0.2, 0.25) is 5.76 Å². The van der Waals surface area contributed by atoms with Gasteiger partial charge < -0.3 is 24.1 Å². The summed E-state index contributed by atoms with van der Waals surface area (Å²) in [5.74, 6) is -2.00. The Morgan fingerprint density at radius 2 is 2.04 bits per heavy atom. The maximum atomic E-state index is 11.7. The van der Waals surface area contributed by atoms with Crippen LogP contribution in [0.5, 0.6) is 0 Å². The average molecular weight is 385 g/mol. The summed E-state index contributed by atoms with van der Waals surface area (Å²) < 4.78 is 22.9. The molecule has 0 unspecified atom stereocenters. The number of benzene rings is 1. The molecule has 0 amide bonds. The van der Waals surface area contributed by atoms with Crippen molar-refractivity contribution in [1.82, 2.24) is 0 Å². The number of carbonyl (C=O) groups is 1. The van der Waals surface area contributed by atoms with Crippen LogP contribution in [0.2, 0.25) is 0 Å². The second-order valence-electron chi connectivity index (χ2n) is 5.82. The molecule has 0 aliphatic carbocycles. The zero-order valence-electron chi connectivity index (χ0n) is 12.7. The Balaban J connectivity index is 1.72. The van der Waals surface area contributed by atoms with E-state index in [4.69, 9.17) is 18.9 Å². The van der Waals surface area contributed by atoms with Crippen molar-refractivity contribution < 1.29 is 28.8 Å². The Labute approximate surface area is 142 Å². The second-order valence-corrected chi connectivity index (χ2v) is 6.74. The molecule has 23 heavy (non-hydrogen) atoms. The molecule has 6 nitrogen and oxygen atoms in total. The van der Waals surface area contributed by atoms with Gasteiger partial charge in [-0.3, -0.25) is 0 Å². The number of cyclic esters (lactones) is 1. The molecule has 1 N–H and O–H groups in total. The van der Waals surface area contributed by atoms with Crippen LogP contribution in [0.3, 0.4) is 0 Å². The summed E-state index contributed by atoms with van der Waals surface area (Å²) >= 11 is 3.36. The monoisotopic (exact) mass is 384 g/mol. The van der Waals surface area contributed by atoms with E-state index in [2.05, 4.69) is 15.9 Å². The van der Waals surface area contributed by atoms with Gasteiger partial charge >= 0.3 is 5.97 Å². The van der Waals surface area contributed by atoms with Crippen LogP contribution in [0.1, 0.15) is 19.4 Å². The molecule has 1 aromatic rings. The first kappa shape index (κ1) is 16.3.